The maximum atomic E-state index is 12.8. The fourth-order valence-electron chi connectivity index (χ4n) is 2.55. The largest absolute Gasteiger partial charge is 0.466 e. The van der Waals surface area contributed by atoms with Crippen LogP contribution in [-0.2, 0) is 25.5 Å². The highest BCUT2D eigenvalue weighted by molar-refractivity contribution is 5.97. The topological polar surface area (TPSA) is 93.7 Å². The summed E-state index contributed by atoms with van der Waals surface area (Å²) in [5.74, 6) is -0.561. The molecule has 0 spiro atoms. The third-order valence-corrected chi connectivity index (χ3v) is 3.93. The van der Waals surface area contributed by atoms with Crippen molar-refractivity contribution in [1.82, 2.24) is 5.32 Å². The zero-order chi connectivity index (χ0) is 22.2. The van der Waals surface area contributed by atoms with Gasteiger partial charge in [-0.25, -0.2) is 4.79 Å². The molecule has 0 aliphatic heterocycles. The van der Waals surface area contributed by atoms with Crippen LogP contribution in [-0.4, -0.2) is 36.2 Å². The second-order valence-electron chi connectivity index (χ2n) is 8.94. The van der Waals surface area contributed by atoms with Gasteiger partial charge in [-0.3, -0.25) is 9.59 Å². The van der Waals surface area contributed by atoms with E-state index in [-0.39, 0.29) is 11.9 Å². The van der Waals surface area contributed by atoms with Gasteiger partial charge in [0.1, 0.15) is 11.6 Å². The quantitative estimate of drug-likeness (QED) is 0.666. The molecule has 0 saturated carbocycles. The standard InChI is InChI=1S/C22H34N2O5/c1-8-28-17(25)14-11-15-9-12-16(13-10-15)23-19(26)18(21(2,3)4)24-20(27)29-22(5,6)7/h9-10,12-13,18H,8,11,14H2,1-7H3,(H,23,26)(H,24,27). The van der Waals surface area contributed by atoms with E-state index in [0.717, 1.165) is 5.56 Å². The summed E-state index contributed by atoms with van der Waals surface area (Å²) >= 11 is 0. The summed E-state index contributed by atoms with van der Waals surface area (Å²) in [6.45, 7) is 13.0. The number of rotatable bonds is 7. The highest BCUT2D eigenvalue weighted by Crippen LogP contribution is 2.22. The molecule has 2 N–H and O–H groups in total. The number of hydrogen-bond acceptors (Lipinski definition) is 5. The molecular weight excluding hydrogens is 372 g/mol. The lowest BCUT2D eigenvalue weighted by molar-refractivity contribution is -0.143. The third-order valence-electron chi connectivity index (χ3n) is 3.93. The van der Waals surface area contributed by atoms with Gasteiger partial charge in [0.25, 0.3) is 0 Å². The van der Waals surface area contributed by atoms with Gasteiger partial charge in [0.05, 0.1) is 6.61 Å². The third kappa shape index (κ3) is 9.45. The number of ether oxygens (including phenoxy) is 2. The lowest BCUT2D eigenvalue weighted by atomic mass is 9.86. The first-order chi connectivity index (χ1) is 13.3. The van der Waals surface area contributed by atoms with Gasteiger partial charge in [-0.15, -0.1) is 0 Å². The van der Waals surface area contributed by atoms with Crippen LogP contribution in [0.3, 0.4) is 0 Å². The van der Waals surface area contributed by atoms with Gasteiger partial charge in [-0.05, 0) is 57.2 Å². The van der Waals surface area contributed by atoms with Gasteiger partial charge in [0.15, 0.2) is 0 Å². The van der Waals surface area contributed by atoms with Crippen molar-refractivity contribution in [3.05, 3.63) is 29.8 Å². The summed E-state index contributed by atoms with van der Waals surface area (Å²) in [5.41, 5.74) is 0.411. The van der Waals surface area contributed by atoms with Crippen molar-refractivity contribution in [1.29, 1.82) is 0 Å². The van der Waals surface area contributed by atoms with Crippen LogP contribution >= 0.6 is 0 Å². The van der Waals surface area contributed by atoms with Crippen LogP contribution in [0.2, 0.25) is 0 Å². The Bertz CT molecular complexity index is 699. The molecule has 0 heterocycles. The van der Waals surface area contributed by atoms with E-state index in [0.29, 0.717) is 25.1 Å². The van der Waals surface area contributed by atoms with E-state index in [1.807, 2.05) is 32.9 Å². The Hall–Kier alpha value is -2.57. The van der Waals surface area contributed by atoms with Crippen LogP contribution in [0.25, 0.3) is 0 Å². The highest BCUT2D eigenvalue weighted by atomic mass is 16.6. The molecule has 0 radical (unpaired) electrons. The zero-order valence-electron chi connectivity index (χ0n) is 18.5. The Labute approximate surface area is 173 Å². The lowest BCUT2D eigenvalue weighted by Gasteiger charge is -2.31. The predicted molar refractivity (Wildman–Crippen MR) is 113 cm³/mol. The average Bonchev–Trinajstić information content (AvgIpc) is 2.57. The molecule has 0 saturated heterocycles. The van der Waals surface area contributed by atoms with E-state index in [1.54, 1.807) is 39.8 Å². The van der Waals surface area contributed by atoms with Crippen LogP contribution in [0.15, 0.2) is 24.3 Å². The van der Waals surface area contributed by atoms with E-state index < -0.39 is 23.2 Å². The van der Waals surface area contributed by atoms with Crippen molar-refractivity contribution in [2.24, 2.45) is 5.41 Å². The van der Waals surface area contributed by atoms with E-state index in [2.05, 4.69) is 10.6 Å². The Kier molecular flexibility index (Phi) is 8.67. The molecule has 0 aliphatic carbocycles. The van der Waals surface area contributed by atoms with Crippen LogP contribution in [0.5, 0.6) is 0 Å². The van der Waals surface area contributed by atoms with Gasteiger partial charge in [0.2, 0.25) is 5.91 Å². The van der Waals surface area contributed by atoms with Crippen LogP contribution < -0.4 is 10.6 Å². The van der Waals surface area contributed by atoms with E-state index >= 15 is 0 Å². The fourth-order valence-corrected chi connectivity index (χ4v) is 2.55. The number of carbonyl (C=O) groups excluding carboxylic acids is 3. The molecule has 1 rings (SSSR count). The summed E-state index contributed by atoms with van der Waals surface area (Å²) in [4.78, 5) is 36.4. The van der Waals surface area contributed by atoms with Gasteiger partial charge >= 0.3 is 12.1 Å². The summed E-state index contributed by atoms with van der Waals surface area (Å²) in [6.07, 6.45) is 0.241. The minimum absolute atomic E-state index is 0.230. The van der Waals surface area contributed by atoms with Crippen molar-refractivity contribution < 1.29 is 23.9 Å². The Morgan fingerprint density at radius 1 is 1.00 bits per heavy atom. The molecule has 0 fully saturated rings. The van der Waals surface area contributed by atoms with Crippen molar-refractivity contribution in [2.45, 2.75) is 73.0 Å². The maximum absolute atomic E-state index is 12.8. The number of benzene rings is 1. The number of anilines is 1. The van der Waals surface area contributed by atoms with E-state index in [1.165, 1.54) is 0 Å². The molecule has 29 heavy (non-hydrogen) atoms. The van der Waals surface area contributed by atoms with Gasteiger partial charge < -0.3 is 20.1 Å². The van der Waals surface area contributed by atoms with Crippen molar-refractivity contribution in [2.75, 3.05) is 11.9 Å². The SMILES string of the molecule is CCOC(=O)CCc1ccc(NC(=O)C(NC(=O)OC(C)(C)C)C(C)(C)C)cc1. The van der Waals surface area contributed by atoms with Gasteiger partial charge in [-0.1, -0.05) is 32.9 Å². The first-order valence-corrected chi connectivity index (χ1v) is 9.87. The van der Waals surface area contributed by atoms with Gasteiger partial charge in [-0.2, -0.15) is 0 Å². The Morgan fingerprint density at radius 2 is 1.59 bits per heavy atom. The van der Waals surface area contributed by atoms with Crippen molar-refractivity contribution >= 4 is 23.7 Å². The number of amides is 2. The molecule has 162 valence electrons. The second kappa shape index (κ2) is 10.3. The van der Waals surface area contributed by atoms with Crippen molar-refractivity contribution in [3.8, 4) is 0 Å². The smallest absolute Gasteiger partial charge is 0.408 e. The monoisotopic (exact) mass is 406 g/mol. The molecule has 0 bridgehead atoms. The molecule has 1 aromatic rings. The first-order valence-electron chi connectivity index (χ1n) is 9.87. The van der Waals surface area contributed by atoms with E-state index in [9.17, 15) is 14.4 Å². The first kappa shape index (κ1) is 24.5. The Morgan fingerprint density at radius 3 is 2.07 bits per heavy atom. The number of nitrogens with one attached hydrogen (secondary N) is 2. The van der Waals surface area contributed by atoms with Crippen molar-refractivity contribution in [3.63, 3.8) is 0 Å². The normalized spacial score (nSPS) is 12.7. The summed E-state index contributed by atoms with van der Waals surface area (Å²) < 4.78 is 10.2. The number of esters is 1. The average molecular weight is 407 g/mol. The summed E-state index contributed by atoms with van der Waals surface area (Å²) in [5, 5.41) is 5.49. The predicted octanol–water partition coefficient (Wildman–Crippen LogP) is 4.06. The molecule has 2 amide bonds. The minimum atomic E-state index is -0.777. The van der Waals surface area contributed by atoms with Gasteiger partial charge in [0, 0.05) is 12.1 Å². The molecule has 1 aromatic carbocycles. The number of alkyl carbamates (subject to hydrolysis) is 1. The van der Waals surface area contributed by atoms with E-state index in [4.69, 9.17) is 9.47 Å². The Balaban J connectivity index is 2.74. The molecule has 1 unspecified atom stereocenters. The molecule has 1 atom stereocenters. The number of hydrogen-bond donors (Lipinski definition) is 2. The molecule has 0 aliphatic rings. The van der Waals surface area contributed by atoms with Crippen LogP contribution in [0.1, 0.15) is 60.5 Å². The zero-order valence-corrected chi connectivity index (χ0v) is 18.5. The maximum Gasteiger partial charge on any atom is 0.408 e. The molecule has 0 aromatic heterocycles. The number of carbonyl (C=O) groups is 3. The molecule has 7 nitrogen and oxygen atoms in total. The van der Waals surface area contributed by atoms with Crippen LogP contribution in [0, 0.1) is 5.41 Å². The summed E-state index contributed by atoms with van der Waals surface area (Å²) in [6, 6.07) is 6.46. The molecule has 7 heteroatoms. The lowest BCUT2D eigenvalue weighted by Crippen LogP contribution is -2.52. The van der Waals surface area contributed by atoms with Crippen LogP contribution in [0.4, 0.5) is 10.5 Å². The molecular formula is C22H34N2O5. The minimum Gasteiger partial charge on any atom is -0.466 e. The second-order valence-corrected chi connectivity index (χ2v) is 8.94. The summed E-state index contributed by atoms with van der Waals surface area (Å²) in [7, 11) is 0. The highest BCUT2D eigenvalue weighted by Gasteiger charge is 2.34. The fraction of sp³-hybridized carbons (Fsp3) is 0.591. The number of aryl methyl sites for hydroxylation is 1.